The van der Waals surface area contributed by atoms with Crippen molar-refractivity contribution in [1.82, 2.24) is 24.1 Å². The number of para-hydroxylation sites is 2. The number of hydrogen-bond acceptors (Lipinski definition) is 3. The van der Waals surface area contributed by atoms with Gasteiger partial charge in [-0.1, -0.05) is 149 Å². The van der Waals surface area contributed by atoms with Gasteiger partial charge in [-0.3, -0.25) is 4.57 Å². The Balaban J connectivity index is 1.21. The van der Waals surface area contributed by atoms with E-state index in [0.717, 1.165) is 57.0 Å². The Labute approximate surface area is 348 Å². The van der Waals surface area contributed by atoms with Crippen LogP contribution in [0.1, 0.15) is 51.7 Å². The number of hydrogen-bond donors (Lipinski definition) is 0. The second-order valence-corrected chi connectivity index (χ2v) is 17.9. The number of fused-ring (bicyclic) bond motifs is 11. The summed E-state index contributed by atoms with van der Waals surface area (Å²) in [7, 11) is 0. The average Bonchev–Trinajstić information content (AvgIpc) is 3.80. The summed E-state index contributed by atoms with van der Waals surface area (Å²) in [5.41, 5.74) is 10.6. The summed E-state index contributed by atoms with van der Waals surface area (Å²) in [6.45, 7) is 9.67. The second-order valence-electron chi connectivity index (χ2n) is 17.9. The normalized spacial score (nSPS) is 14.8. The highest BCUT2D eigenvalue weighted by atomic mass is 15.2. The predicted octanol–water partition coefficient (Wildman–Crippen LogP) is 14.1. The quantitative estimate of drug-likeness (QED) is 0.167. The third-order valence-electron chi connectivity index (χ3n) is 13.4. The van der Waals surface area contributed by atoms with Crippen LogP contribution in [0.4, 0.5) is 0 Å². The van der Waals surface area contributed by atoms with Crippen molar-refractivity contribution in [1.29, 1.82) is 0 Å². The summed E-state index contributed by atoms with van der Waals surface area (Å²) in [5.74, 6) is 1.87. The minimum atomic E-state index is 0.0423. The van der Waals surface area contributed by atoms with Crippen LogP contribution in [0, 0.1) is 0 Å². The zero-order chi connectivity index (χ0) is 40.3. The van der Waals surface area contributed by atoms with E-state index in [1.165, 1.54) is 49.0 Å². The first-order valence-corrected chi connectivity index (χ1v) is 21.1. The Kier molecular flexibility index (Phi) is 7.38. The molecule has 0 saturated heterocycles. The molecule has 3 heterocycles. The van der Waals surface area contributed by atoms with Gasteiger partial charge in [-0.15, -0.1) is 0 Å². The summed E-state index contributed by atoms with van der Waals surface area (Å²) < 4.78 is 4.78. The third kappa shape index (κ3) is 5.15. The molecule has 60 heavy (non-hydrogen) atoms. The van der Waals surface area contributed by atoms with Crippen LogP contribution in [-0.4, -0.2) is 24.1 Å². The largest absolute Gasteiger partial charge is 0.309 e. The van der Waals surface area contributed by atoms with Crippen LogP contribution in [0.5, 0.6) is 0 Å². The molecule has 1 aliphatic carbocycles. The maximum absolute atomic E-state index is 5.44. The molecule has 0 unspecified atom stereocenters. The lowest BCUT2D eigenvalue weighted by molar-refractivity contribution is 0.332. The molecule has 0 N–H and O–H groups in total. The van der Waals surface area contributed by atoms with Gasteiger partial charge in [-0.2, -0.15) is 9.97 Å². The lowest BCUT2D eigenvalue weighted by Crippen LogP contribution is -2.33. The van der Waals surface area contributed by atoms with Gasteiger partial charge in [0.15, 0.2) is 11.6 Å². The molecule has 1 aliphatic rings. The van der Waals surface area contributed by atoms with Crippen molar-refractivity contribution < 1.29 is 0 Å². The van der Waals surface area contributed by atoms with Crippen LogP contribution in [0.3, 0.4) is 0 Å². The molecule has 0 bridgehead atoms. The maximum atomic E-state index is 5.44. The van der Waals surface area contributed by atoms with E-state index in [0.29, 0.717) is 17.6 Å². The van der Waals surface area contributed by atoms with Crippen LogP contribution < -0.4 is 0 Å². The SMILES string of the molecule is CC1(C)CCC(C)(C)c2cc3c(cc21)c1c(ccc2c4ccccc4n(-c4nc(-c5ccccc5)nc(-c5ccc6c(ccc7ccccc76)c5)n4)c21)n3-c1ccccc1. The number of nitrogens with zero attached hydrogens (tertiary/aromatic N) is 5. The fourth-order valence-electron chi connectivity index (χ4n) is 10.1. The molecule has 0 amide bonds. The topological polar surface area (TPSA) is 48.5 Å². The molecule has 3 aromatic heterocycles. The fraction of sp³-hybridized carbons (Fsp3) is 0.145. The van der Waals surface area contributed by atoms with E-state index in [1.807, 2.05) is 18.2 Å². The Morgan fingerprint density at radius 2 is 1.03 bits per heavy atom. The lowest BCUT2D eigenvalue weighted by atomic mass is 9.63. The van der Waals surface area contributed by atoms with E-state index in [4.69, 9.17) is 15.0 Å². The molecule has 11 aromatic rings. The van der Waals surface area contributed by atoms with Crippen molar-refractivity contribution in [3.05, 3.63) is 175 Å². The summed E-state index contributed by atoms with van der Waals surface area (Å²) in [5, 5.41) is 9.60. The highest BCUT2D eigenvalue weighted by Crippen LogP contribution is 2.50. The van der Waals surface area contributed by atoms with Crippen molar-refractivity contribution in [3.8, 4) is 34.4 Å². The van der Waals surface area contributed by atoms with Crippen LogP contribution in [-0.2, 0) is 10.8 Å². The minimum Gasteiger partial charge on any atom is -0.309 e. The van der Waals surface area contributed by atoms with E-state index < -0.39 is 0 Å². The van der Waals surface area contributed by atoms with Gasteiger partial charge in [-0.25, -0.2) is 4.98 Å². The van der Waals surface area contributed by atoms with E-state index in [-0.39, 0.29) is 10.8 Å². The van der Waals surface area contributed by atoms with Crippen molar-refractivity contribution in [2.75, 3.05) is 0 Å². The predicted molar refractivity (Wildman–Crippen MR) is 250 cm³/mol. The molecular weight excluding hydrogens is 731 g/mol. The van der Waals surface area contributed by atoms with Gasteiger partial charge in [0.05, 0.1) is 22.1 Å². The number of benzene rings is 8. The molecule has 0 spiro atoms. The average molecular weight is 774 g/mol. The summed E-state index contributed by atoms with van der Waals surface area (Å²) in [6, 6.07) is 59.1. The molecule has 12 rings (SSSR count). The monoisotopic (exact) mass is 773 g/mol. The number of aromatic nitrogens is 5. The van der Waals surface area contributed by atoms with Gasteiger partial charge in [0.2, 0.25) is 5.95 Å². The first kappa shape index (κ1) is 34.9. The summed E-state index contributed by atoms with van der Waals surface area (Å²) in [6.07, 6.45) is 2.30. The van der Waals surface area contributed by atoms with Gasteiger partial charge >= 0.3 is 0 Å². The second kappa shape index (κ2) is 12.7. The van der Waals surface area contributed by atoms with Gasteiger partial charge in [-0.05, 0) is 98.8 Å². The van der Waals surface area contributed by atoms with Crippen LogP contribution in [0.15, 0.2) is 164 Å². The number of rotatable bonds is 4. The smallest absolute Gasteiger partial charge is 0.238 e. The van der Waals surface area contributed by atoms with E-state index in [1.54, 1.807) is 0 Å². The molecule has 0 fully saturated rings. The third-order valence-corrected chi connectivity index (χ3v) is 13.4. The molecule has 5 heteroatoms. The van der Waals surface area contributed by atoms with Gasteiger partial charge in [0, 0.05) is 38.4 Å². The van der Waals surface area contributed by atoms with E-state index >= 15 is 0 Å². The molecule has 0 radical (unpaired) electrons. The highest BCUT2D eigenvalue weighted by molar-refractivity contribution is 6.26. The molecule has 0 saturated carbocycles. The first-order valence-electron chi connectivity index (χ1n) is 21.1. The zero-order valence-electron chi connectivity index (χ0n) is 34.2. The molecule has 0 aliphatic heterocycles. The molecule has 288 valence electrons. The standard InChI is InChI=1S/C55H43N5/c1-54(2)29-30-55(3,4)45-33-48-43(32-44(45)54)49-47(59(48)38-18-9-6-10-19-38)28-27-42-41-21-13-14-22-46(41)60(50(42)49)53-57-51(35-16-7-5-8-17-35)56-52(58-53)37-25-26-40-36(31-37)24-23-34-15-11-12-20-39(34)40/h5-28,31-33H,29-30H2,1-4H3. The Bertz CT molecular complexity index is 3540. The first-order chi connectivity index (χ1) is 29.2. The van der Waals surface area contributed by atoms with Crippen molar-refractivity contribution in [3.63, 3.8) is 0 Å². The highest BCUT2D eigenvalue weighted by Gasteiger charge is 2.38. The molecule has 8 aromatic carbocycles. The van der Waals surface area contributed by atoms with Crippen LogP contribution >= 0.6 is 0 Å². The lowest BCUT2D eigenvalue weighted by Gasteiger charge is -2.42. The molecule has 5 nitrogen and oxygen atoms in total. The Hall–Kier alpha value is -7.11. The van der Waals surface area contributed by atoms with Crippen molar-refractivity contribution in [2.24, 2.45) is 0 Å². The fourth-order valence-corrected chi connectivity index (χ4v) is 10.1. The van der Waals surface area contributed by atoms with Gasteiger partial charge in [0.25, 0.3) is 0 Å². The van der Waals surface area contributed by atoms with Gasteiger partial charge < -0.3 is 4.57 Å². The minimum absolute atomic E-state index is 0.0423. The van der Waals surface area contributed by atoms with Gasteiger partial charge in [0.1, 0.15) is 0 Å². The Morgan fingerprint density at radius 1 is 0.417 bits per heavy atom. The summed E-state index contributed by atoms with van der Waals surface area (Å²) >= 11 is 0. The van der Waals surface area contributed by atoms with Crippen molar-refractivity contribution in [2.45, 2.75) is 51.4 Å². The molecular formula is C55H43N5. The zero-order valence-corrected chi connectivity index (χ0v) is 34.2. The van der Waals surface area contributed by atoms with E-state index in [2.05, 4.69) is 182 Å². The Morgan fingerprint density at radius 3 is 1.82 bits per heavy atom. The van der Waals surface area contributed by atoms with E-state index in [9.17, 15) is 0 Å². The van der Waals surface area contributed by atoms with Crippen molar-refractivity contribution >= 4 is 65.2 Å². The van der Waals surface area contributed by atoms with Crippen LogP contribution in [0.2, 0.25) is 0 Å². The summed E-state index contributed by atoms with van der Waals surface area (Å²) in [4.78, 5) is 16.0. The molecule has 0 atom stereocenters. The maximum Gasteiger partial charge on any atom is 0.238 e. The van der Waals surface area contributed by atoms with Crippen LogP contribution in [0.25, 0.3) is 99.6 Å².